The van der Waals surface area contributed by atoms with Gasteiger partial charge in [-0.05, 0) is 58.2 Å². The summed E-state index contributed by atoms with van der Waals surface area (Å²) in [6, 6.07) is 5.92. The average molecular weight is 332 g/mol. The van der Waals surface area contributed by atoms with Crippen LogP contribution in [0.2, 0.25) is 0 Å². The van der Waals surface area contributed by atoms with Gasteiger partial charge in [0.2, 0.25) is 5.91 Å². The van der Waals surface area contributed by atoms with Crippen molar-refractivity contribution in [2.75, 3.05) is 13.2 Å². The quantitative estimate of drug-likeness (QED) is 0.892. The van der Waals surface area contributed by atoms with Gasteiger partial charge < -0.3 is 20.1 Å². The number of fused-ring (bicyclic) bond motifs is 1. The van der Waals surface area contributed by atoms with Crippen LogP contribution in [0.15, 0.2) is 18.2 Å². The van der Waals surface area contributed by atoms with Crippen molar-refractivity contribution >= 4 is 5.91 Å². The minimum atomic E-state index is 0.0245. The van der Waals surface area contributed by atoms with Crippen molar-refractivity contribution in [3.8, 4) is 11.5 Å². The Bertz CT molecular complexity index is 609. The second kappa shape index (κ2) is 6.28. The zero-order valence-electron chi connectivity index (χ0n) is 15.1. The van der Waals surface area contributed by atoms with Crippen LogP contribution < -0.4 is 20.1 Å². The fraction of sp³-hybridized carbons (Fsp3) is 0.632. The second-order valence-corrected chi connectivity index (χ2v) is 8.22. The number of benzene rings is 1. The van der Waals surface area contributed by atoms with Crippen LogP contribution in [0.4, 0.5) is 0 Å². The average Bonchev–Trinajstić information content (AvgIpc) is 2.43. The van der Waals surface area contributed by atoms with Gasteiger partial charge in [-0.1, -0.05) is 6.07 Å². The molecule has 0 aliphatic carbocycles. The molecule has 0 radical (unpaired) electrons. The number of rotatable bonds is 3. The molecular formula is C19H28N2O3. The lowest BCUT2D eigenvalue weighted by Gasteiger charge is -2.46. The van der Waals surface area contributed by atoms with Crippen molar-refractivity contribution < 1.29 is 14.3 Å². The third-order valence-corrected chi connectivity index (χ3v) is 4.53. The molecule has 1 aromatic carbocycles. The Morgan fingerprint density at radius 2 is 1.75 bits per heavy atom. The molecule has 5 nitrogen and oxygen atoms in total. The minimum absolute atomic E-state index is 0.0245. The summed E-state index contributed by atoms with van der Waals surface area (Å²) in [7, 11) is 0. The van der Waals surface area contributed by atoms with Gasteiger partial charge in [-0.3, -0.25) is 4.79 Å². The van der Waals surface area contributed by atoms with Crippen LogP contribution in [0.1, 0.15) is 46.1 Å². The van der Waals surface area contributed by atoms with Gasteiger partial charge in [-0.15, -0.1) is 0 Å². The molecule has 2 aliphatic heterocycles. The van der Waals surface area contributed by atoms with Crippen molar-refractivity contribution in [2.45, 2.75) is 64.1 Å². The molecular weight excluding hydrogens is 304 g/mol. The van der Waals surface area contributed by atoms with E-state index in [1.807, 2.05) is 18.2 Å². The van der Waals surface area contributed by atoms with Gasteiger partial charge in [0.1, 0.15) is 13.2 Å². The van der Waals surface area contributed by atoms with E-state index in [1.165, 1.54) is 0 Å². The zero-order chi connectivity index (χ0) is 17.4. The van der Waals surface area contributed by atoms with Crippen molar-refractivity contribution in [1.82, 2.24) is 10.6 Å². The largest absolute Gasteiger partial charge is 0.486 e. The van der Waals surface area contributed by atoms with Gasteiger partial charge in [0.15, 0.2) is 11.5 Å². The van der Waals surface area contributed by atoms with E-state index in [0.29, 0.717) is 19.6 Å². The Balaban J connectivity index is 1.61. The van der Waals surface area contributed by atoms with E-state index in [4.69, 9.17) is 9.47 Å². The summed E-state index contributed by atoms with van der Waals surface area (Å²) >= 11 is 0. The summed E-state index contributed by atoms with van der Waals surface area (Å²) < 4.78 is 11.1. The van der Waals surface area contributed by atoms with Crippen molar-refractivity contribution in [3.05, 3.63) is 23.8 Å². The normalized spacial score (nSPS) is 22.0. The van der Waals surface area contributed by atoms with Gasteiger partial charge >= 0.3 is 0 Å². The summed E-state index contributed by atoms with van der Waals surface area (Å²) in [4.78, 5) is 12.5. The molecule has 0 spiro atoms. The fourth-order valence-corrected chi connectivity index (χ4v) is 4.09. The van der Waals surface area contributed by atoms with E-state index in [-0.39, 0.29) is 23.0 Å². The summed E-state index contributed by atoms with van der Waals surface area (Å²) in [6.45, 7) is 9.89. The Kier molecular flexibility index (Phi) is 4.47. The lowest BCUT2D eigenvalue weighted by molar-refractivity contribution is -0.121. The van der Waals surface area contributed by atoms with Gasteiger partial charge in [-0.25, -0.2) is 0 Å². The summed E-state index contributed by atoms with van der Waals surface area (Å²) in [5.41, 5.74) is 0.997. The molecule has 0 bridgehead atoms. The van der Waals surface area contributed by atoms with Crippen LogP contribution in [-0.4, -0.2) is 36.2 Å². The highest BCUT2D eigenvalue weighted by Crippen LogP contribution is 2.31. The standard InChI is InChI=1S/C19H28N2O3/c1-18(2)11-14(12-19(3,4)21-18)20-17(22)10-13-5-6-15-16(9-13)24-8-7-23-15/h5-6,9,14,21H,7-8,10-12H2,1-4H3,(H,20,22). The highest BCUT2D eigenvalue weighted by Gasteiger charge is 2.38. The number of hydrogen-bond acceptors (Lipinski definition) is 4. The van der Waals surface area contributed by atoms with Gasteiger partial charge in [0, 0.05) is 17.1 Å². The third kappa shape index (κ3) is 4.20. The van der Waals surface area contributed by atoms with Crippen molar-refractivity contribution in [3.63, 3.8) is 0 Å². The van der Waals surface area contributed by atoms with Crippen molar-refractivity contribution in [2.24, 2.45) is 0 Å². The molecule has 2 aliphatic rings. The highest BCUT2D eigenvalue weighted by molar-refractivity contribution is 5.79. The van der Waals surface area contributed by atoms with E-state index in [2.05, 4.69) is 38.3 Å². The SMILES string of the molecule is CC1(C)CC(NC(=O)Cc2ccc3c(c2)OCCO3)CC(C)(C)N1. The lowest BCUT2D eigenvalue weighted by Crippen LogP contribution is -2.62. The second-order valence-electron chi connectivity index (χ2n) is 8.22. The molecule has 1 fully saturated rings. The van der Waals surface area contributed by atoms with Crippen LogP contribution >= 0.6 is 0 Å². The summed E-state index contributed by atoms with van der Waals surface area (Å²) in [5.74, 6) is 1.55. The first-order valence-electron chi connectivity index (χ1n) is 8.70. The van der Waals surface area contributed by atoms with Crippen LogP contribution in [0.3, 0.4) is 0 Å². The highest BCUT2D eigenvalue weighted by atomic mass is 16.6. The molecule has 1 saturated heterocycles. The molecule has 2 heterocycles. The maximum Gasteiger partial charge on any atom is 0.224 e. The molecule has 1 amide bonds. The first-order chi connectivity index (χ1) is 11.2. The Labute approximate surface area is 144 Å². The molecule has 1 aromatic rings. The number of carbonyl (C=O) groups excluding carboxylic acids is 1. The zero-order valence-corrected chi connectivity index (χ0v) is 15.1. The van der Waals surface area contributed by atoms with Crippen LogP contribution in [-0.2, 0) is 11.2 Å². The number of carbonyl (C=O) groups is 1. The monoisotopic (exact) mass is 332 g/mol. The van der Waals surface area contributed by atoms with Gasteiger partial charge in [0.25, 0.3) is 0 Å². The maximum atomic E-state index is 12.5. The molecule has 2 N–H and O–H groups in total. The molecule has 132 valence electrons. The van der Waals surface area contributed by atoms with E-state index >= 15 is 0 Å². The van der Waals surface area contributed by atoms with Crippen molar-refractivity contribution in [1.29, 1.82) is 0 Å². The lowest BCUT2D eigenvalue weighted by atomic mass is 9.79. The number of ether oxygens (including phenoxy) is 2. The Morgan fingerprint density at radius 1 is 1.12 bits per heavy atom. The first-order valence-corrected chi connectivity index (χ1v) is 8.70. The Morgan fingerprint density at radius 3 is 2.42 bits per heavy atom. The minimum Gasteiger partial charge on any atom is -0.486 e. The molecule has 5 heteroatoms. The van der Waals surface area contributed by atoms with E-state index < -0.39 is 0 Å². The van der Waals surface area contributed by atoms with Crippen LogP contribution in [0, 0.1) is 0 Å². The third-order valence-electron chi connectivity index (χ3n) is 4.53. The molecule has 24 heavy (non-hydrogen) atoms. The number of amides is 1. The van der Waals surface area contributed by atoms with Gasteiger partial charge in [-0.2, -0.15) is 0 Å². The molecule has 0 unspecified atom stereocenters. The molecule has 0 aromatic heterocycles. The summed E-state index contributed by atoms with van der Waals surface area (Å²) in [6.07, 6.45) is 2.23. The van der Waals surface area contributed by atoms with Crippen LogP contribution in [0.25, 0.3) is 0 Å². The Hall–Kier alpha value is -1.75. The predicted molar refractivity (Wildman–Crippen MR) is 93.6 cm³/mol. The molecule has 0 saturated carbocycles. The van der Waals surface area contributed by atoms with E-state index in [0.717, 1.165) is 29.9 Å². The maximum absolute atomic E-state index is 12.5. The predicted octanol–water partition coefficient (Wildman–Crippen LogP) is 2.43. The topological polar surface area (TPSA) is 59.6 Å². The van der Waals surface area contributed by atoms with E-state index in [9.17, 15) is 4.79 Å². The van der Waals surface area contributed by atoms with Gasteiger partial charge in [0.05, 0.1) is 6.42 Å². The first kappa shape index (κ1) is 17.1. The number of hydrogen-bond donors (Lipinski definition) is 2. The fourth-order valence-electron chi connectivity index (χ4n) is 4.09. The van der Waals surface area contributed by atoms with E-state index in [1.54, 1.807) is 0 Å². The smallest absolute Gasteiger partial charge is 0.224 e. The number of nitrogens with one attached hydrogen (secondary N) is 2. The molecule has 0 atom stereocenters. The van der Waals surface area contributed by atoms with Crippen LogP contribution in [0.5, 0.6) is 11.5 Å². The molecule has 3 rings (SSSR count). The summed E-state index contributed by atoms with van der Waals surface area (Å²) in [5, 5.41) is 6.84. The number of piperidine rings is 1.